The molecule has 8 heteroatoms. The molecule has 0 saturated heterocycles. The van der Waals surface area contributed by atoms with Crippen LogP contribution in [0.4, 0.5) is 0 Å². The minimum absolute atomic E-state index is 0. The number of hydrogen-bond acceptors (Lipinski definition) is 4. The van der Waals surface area contributed by atoms with E-state index in [2.05, 4.69) is 0 Å². The molecule has 0 aromatic carbocycles. The first-order chi connectivity index (χ1) is 5.20. The molecule has 0 saturated carbocycles. The van der Waals surface area contributed by atoms with Gasteiger partial charge in [-0.3, -0.25) is 9.59 Å². The Morgan fingerprint density at radius 2 is 0.929 bits per heavy atom. The third kappa shape index (κ3) is 152000. The van der Waals surface area contributed by atoms with Crippen LogP contribution in [-0.4, -0.2) is 28.1 Å². The molecule has 0 aliphatic rings. The molecule has 0 amide bonds. The van der Waals surface area contributed by atoms with Gasteiger partial charge in [0.1, 0.15) is 0 Å². The second-order valence-corrected chi connectivity index (χ2v) is 1.53. The zero-order chi connectivity index (χ0) is 10.7. The zero-order valence-electron chi connectivity index (χ0n) is 8.34. The number of aliphatic carboxylic acids is 3. The molecule has 0 fully saturated rings. The van der Waals surface area contributed by atoms with Crippen molar-refractivity contribution in [2.45, 2.75) is 20.8 Å². The van der Waals surface area contributed by atoms with Crippen molar-refractivity contribution in [3.8, 4) is 0 Å². The number of carbonyl (C=O) groups excluding carboxylic acids is 1. The van der Waals surface area contributed by atoms with Gasteiger partial charge in [-0.2, -0.15) is 0 Å². The summed E-state index contributed by atoms with van der Waals surface area (Å²) in [7, 11) is 0. The summed E-state index contributed by atoms with van der Waals surface area (Å²) in [5.41, 5.74) is 0. The molecule has 0 spiro atoms. The fraction of sp³-hybridized carbons (Fsp3) is 0.500. The molecule has 0 bridgehead atoms. The van der Waals surface area contributed by atoms with Crippen LogP contribution < -0.4 is 34.7 Å². The van der Waals surface area contributed by atoms with Crippen LogP contribution in [0.1, 0.15) is 20.8 Å². The monoisotopic (exact) mass is 260 g/mol. The molecule has 0 heterocycles. The predicted molar refractivity (Wildman–Crippen MR) is 37.3 cm³/mol. The molecule has 14 heavy (non-hydrogen) atoms. The van der Waals surface area contributed by atoms with E-state index in [1.165, 1.54) is 0 Å². The first kappa shape index (κ1) is 29.2. The van der Waals surface area contributed by atoms with E-state index in [4.69, 9.17) is 29.7 Å². The Kier molecular flexibility index (Phi) is 48.1. The molecule has 0 aliphatic heterocycles. The van der Waals surface area contributed by atoms with E-state index in [-0.39, 0.29) is 46.0 Å². The summed E-state index contributed by atoms with van der Waals surface area (Å²) in [6, 6.07) is 0. The van der Waals surface area contributed by atoms with Crippen molar-refractivity contribution in [1.82, 2.24) is 0 Å². The molecule has 6 nitrogen and oxygen atoms in total. The quantitative estimate of drug-likeness (QED) is 0.429. The van der Waals surface area contributed by atoms with Crippen molar-refractivity contribution in [3.05, 3.63) is 0 Å². The predicted octanol–water partition coefficient (Wildman–Crippen LogP) is -4.06. The molecule has 0 rings (SSSR count). The standard InChI is InChI=1S/3C2H4O2.Na.Ni/c3*1-2(3)4;;/h3*1H3,(H,3,4);;/q;;;+1;/p-1. The van der Waals surface area contributed by atoms with Crippen LogP contribution in [0.15, 0.2) is 0 Å². The molecular weight excluding hydrogens is 250 g/mol. The summed E-state index contributed by atoms with van der Waals surface area (Å²) < 4.78 is 0. The van der Waals surface area contributed by atoms with Gasteiger partial charge in [-0.25, -0.2) is 0 Å². The van der Waals surface area contributed by atoms with Crippen LogP contribution in [0.3, 0.4) is 0 Å². The van der Waals surface area contributed by atoms with E-state index in [0.717, 1.165) is 20.8 Å². The fourth-order valence-corrected chi connectivity index (χ4v) is 0. The van der Waals surface area contributed by atoms with Gasteiger partial charge in [0.15, 0.2) is 0 Å². The van der Waals surface area contributed by atoms with E-state index in [9.17, 15) is 0 Å². The van der Waals surface area contributed by atoms with Gasteiger partial charge in [-0.15, -0.1) is 0 Å². The summed E-state index contributed by atoms with van der Waals surface area (Å²) in [5, 5.41) is 23.7. The molecule has 0 atom stereocenters. The Morgan fingerprint density at radius 1 is 0.929 bits per heavy atom. The van der Waals surface area contributed by atoms with Crippen molar-refractivity contribution in [3.63, 3.8) is 0 Å². The van der Waals surface area contributed by atoms with Gasteiger partial charge in [-0.1, -0.05) is 0 Å². The SMILES string of the molecule is CC(=O)O.CC(=O)O.CC(=O)[O-].[Na+].[Ni]. The molecule has 0 radical (unpaired) electrons. The topological polar surface area (TPSA) is 115 Å². The van der Waals surface area contributed by atoms with Crippen LogP contribution in [0.2, 0.25) is 0 Å². The number of rotatable bonds is 0. The number of hydrogen-bond donors (Lipinski definition) is 2. The van der Waals surface area contributed by atoms with Crippen molar-refractivity contribution < 1.29 is 75.8 Å². The summed E-state index contributed by atoms with van der Waals surface area (Å²) in [5.74, 6) is -2.75. The van der Waals surface area contributed by atoms with Gasteiger partial charge in [0.2, 0.25) is 0 Å². The Morgan fingerprint density at radius 3 is 0.929 bits per heavy atom. The van der Waals surface area contributed by atoms with Crippen molar-refractivity contribution in [2.24, 2.45) is 0 Å². The first-order valence-corrected chi connectivity index (χ1v) is 2.76. The molecule has 82 valence electrons. The third-order valence-electron chi connectivity index (χ3n) is 0. The van der Waals surface area contributed by atoms with E-state index in [0.29, 0.717) is 0 Å². The summed E-state index contributed by atoms with van der Waals surface area (Å²) in [6.07, 6.45) is 0. The van der Waals surface area contributed by atoms with Gasteiger partial charge in [-0.05, 0) is 6.92 Å². The third-order valence-corrected chi connectivity index (χ3v) is 0. The Hall–Kier alpha value is -0.0965. The summed E-state index contributed by atoms with van der Waals surface area (Å²) in [6.45, 7) is 3.14. The van der Waals surface area contributed by atoms with E-state index in [1.54, 1.807) is 0 Å². The van der Waals surface area contributed by atoms with E-state index < -0.39 is 17.9 Å². The second-order valence-electron chi connectivity index (χ2n) is 1.53. The minimum atomic E-state index is -1.08. The van der Waals surface area contributed by atoms with Crippen molar-refractivity contribution in [1.29, 1.82) is 0 Å². The molecule has 2 N–H and O–H groups in total. The maximum Gasteiger partial charge on any atom is 1.00 e. The van der Waals surface area contributed by atoms with Gasteiger partial charge in [0.05, 0.1) is 0 Å². The minimum Gasteiger partial charge on any atom is -0.550 e. The maximum absolute atomic E-state index is 9.00. The smallest absolute Gasteiger partial charge is 0.550 e. The van der Waals surface area contributed by atoms with Crippen LogP contribution in [-0.2, 0) is 30.9 Å². The zero-order valence-corrected chi connectivity index (χ0v) is 11.3. The van der Waals surface area contributed by atoms with Crippen LogP contribution in [0.25, 0.3) is 0 Å². The molecule has 0 aliphatic carbocycles. The fourth-order valence-electron chi connectivity index (χ4n) is 0. The molecular formula is C6H11NaNiO6. The Balaban J connectivity index is -0.0000000270. The second kappa shape index (κ2) is 23.1. The molecule has 0 unspecified atom stereocenters. The maximum atomic E-state index is 9.00. The van der Waals surface area contributed by atoms with Gasteiger partial charge in [0.25, 0.3) is 11.9 Å². The van der Waals surface area contributed by atoms with Crippen molar-refractivity contribution in [2.75, 3.05) is 0 Å². The van der Waals surface area contributed by atoms with E-state index in [1.807, 2.05) is 0 Å². The normalized spacial score (nSPS) is 5.36. The van der Waals surface area contributed by atoms with Gasteiger partial charge < -0.3 is 20.1 Å². The first-order valence-electron chi connectivity index (χ1n) is 2.76. The Bertz CT molecular complexity index is 120. The summed E-state index contributed by atoms with van der Waals surface area (Å²) >= 11 is 0. The van der Waals surface area contributed by atoms with Crippen LogP contribution >= 0.6 is 0 Å². The number of carbonyl (C=O) groups is 3. The van der Waals surface area contributed by atoms with Crippen LogP contribution in [0, 0.1) is 0 Å². The van der Waals surface area contributed by atoms with Gasteiger partial charge in [0, 0.05) is 36.3 Å². The largest absolute Gasteiger partial charge is 1.00 e. The van der Waals surface area contributed by atoms with Crippen LogP contribution in [0.5, 0.6) is 0 Å². The Labute approximate surface area is 114 Å². The van der Waals surface area contributed by atoms with Gasteiger partial charge >= 0.3 is 29.6 Å². The average molecular weight is 261 g/mol. The average Bonchev–Trinajstić information content (AvgIpc) is 1.54. The molecule has 0 aromatic heterocycles. The number of carboxylic acids is 3. The van der Waals surface area contributed by atoms with E-state index >= 15 is 0 Å². The molecule has 0 aromatic rings. The number of carboxylic acid groups (broad SMARTS) is 3. The van der Waals surface area contributed by atoms with Crippen molar-refractivity contribution >= 4 is 17.9 Å². The summed E-state index contributed by atoms with van der Waals surface area (Å²) in [4.78, 5) is 26.9.